The van der Waals surface area contributed by atoms with Crippen molar-refractivity contribution in [1.82, 2.24) is 4.73 Å². The van der Waals surface area contributed by atoms with E-state index in [4.69, 9.17) is 11.6 Å². The first-order chi connectivity index (χ1) is 9.58. The molecule has 0 spiro atoms. The maximum absolute atomic E-state index is 12.5. The molecule has 0 aliphatic heterocycles. The summed E-state index contributed by atoms with van der Waals surface area (Å²) in [6.07, 6.45) is 4.65. The molecule has 0 unspecified atom stereocenters. The fourth-order valence-corrected chi connectivity index (χ4v) is 2.83. The number of halogens is 1. The monoisotopic (exact) mass is 290 g/mol. The number of nitrogens with zero attached hydrogens (tertiary/aromatic N) is 2. The van der Waals surface area contributed by atoms with Crippen LogP contribution in [0.3, 0.4) is 0 Å². The fraction of sp³-hybridized carbons (Fsp3) is 0.333. The van der Waals surface area contributed by atoms with Crippen molar-refractivity contribution in [2.45, 2.75) is 32.6 Å². The highest BCUT2D eigenvalue weighted by Crippen LogP contribution is 2.27. The van der Waals surface area contributed by atoms with E-state index >= 15 is 0 Å². The maximum atomic E-state index is 12.5. The van der Waals surface area contributed by atoms with Gasteiger partial charge >= 0.3 is 0 Å². The Kier molecular flexibility index (Phi) is 3.26. The van der Waals surface area contributed by atoms with Gasteiger partial charge < -0.3 is 9.94 Å². The molecular formula is C15H15ClN2O2. The van der Waals surface area contributed by atoms with E-state index in [1.54, 1.807) is 12.1 Å². The molecule has 0 bridgehead atoms. The third kappa shape index (κ3) is 2.10. The Balaban J connectivity index is 2.21. The number of rotatable bonds is 1. The minimum absolute atomic E-state index is 0.389. The van der Waals surface area contributed by atoms with Crippen molar-refractivity contribution in [2.75, 3.05) is 0 Å². The first-order valence-corrected chi connectivity index (χ1v) is 7.09. The summed E-state index contributed by atoms with van der Waals surface area (Å²) in [6.45, 7) is 1.88. The summed E-state index contributed by atoms with van der Waals surface area (Å²) in [5, 5.41) is 13.1. The van der Waals surface area contributed by atoms with Crippen molar-refractivity contribution >= 4 is 11.6 Å². The molecule has 5 heteroatoms. The number of aromatic nitrogens is 2. The lowest BCUT2D eigenvalue weighted by molar-refractivity contribution is -0.506. The lowest BCUT2D eigenvalue weighted by Gasteiger charge is -2.23. The molecule has 1 aromatic heterocycles. The second-order valence-corrected chi connectivity index (χ2v) is 5.61. The smallest absolute Gasteiger partial charge is 0.258 e. The predicted molar refractivity (Wildman–Crippen MR) is 78.4 cm³/mol. The maximum Gasteiger partial charge on any atom is 0.258 e. The van der Waals surface area contributed by atoms with Crippen molar-refractivity contribution < 1.29 is 4.43 Å². The highest BCUT2D eigenvalue weighted by Gasteiger charge is 2.23. The van der Waals surface area contributed by atoms with Gasteiger partial charge in [-0.3, -0.25) is 0 Å². The molecule has 0 amide bonds. The summed E-state index contributed by atoms with van der Waals surface area (Å²) in [7, 11) is 0. The molecule has 4 nitrogen and oxygen atoms in total. The summed E-state index contributed by atoms with van der Waals surface area (Å²) >= 11 is 6.00. The van der Waals surface area contributed by atoms with Gasteiger partial charge in [-0.2, -0.15) is 0 Å². The normalized spacial score (nSPS) is 14.1. The van der Waals surface area contributed by atoms with Crippen molar-refractivity contribution in [3.05, 3.63) is 56.5 Å². The van der Waals surface area contributed by atoms with E-state index in [-0.39, 0.29) is 0 Å². The molecule has 2 aromatic rings. The van der Waals surface area contributed by atoms with Crippen LogP contribution in [0.15, 0.2) is 24.4 Å². The van der Waals surface area contributed by atoms with Gasteiger partial charge in [-0.05, 0) is 43.9 Å². The first-order valence-electron chi connectivity index (χ1n) is 6.72. The average molecular weight is 291 g/mol. The highest BCUT2D eigenvalue weighted by molar-refractivity contribution is 6.31. The van der Waals surface area contributed by atoms with Crippen LogP contribution < -0.4 is 4.43 Å². The largest absolute Gasteiger partial charge is 0.805 e. The van der Waals surface area contributed by atoms with E-state index in [1.807, 2.05) is 13.0 Å². The molecule has 3 rings (SSSR count). The Morgan fingerprint density at radius 2 is 2.05 bits per heavy atom. The van der Waals surface area contributed by atoms with E-state index < -0.39 is 0 Å². The van der Waals surface area contributed by atoms with Gasteiger partial charge in [-0.15, -0.1) is 0 Å². The van der Waals surface area contributed by atoms with Crippen LogP contribution in [-0.4, -0.2) is 4.73 Å². The molecule has 0 atom stereocenters. The summed E-state index contributed by atoms with van der Waals surface area (Å²) in [4.78, 5) is 12.1. The zero-order valence-corrected chi connectivity index (χ0v) is 12.0. The fourth-order valence-electron chi connectivity index (χ4n) is 2.71. The molecule has 0 saturated heterocycles. The van der Waals surface area contributed by atoms with Gasteiger partial charge in [0.2, 0.25) is 0 Å². The topological polar surface area (TPSA) is 51.0 Å². The third-order valence-electron chi connectivity index (χ3n) is 3.83. The third-order valence-corrected chi connectivity index (χ3v) is 4.26. The molecule has 1 aliphatic rings. The van der Waals surface area contributed by atoms with Crippen LogP contribution in [0.25, 0.3) is 11.3 Å². The van der Waals surface area contributed by atoms with Gasteiger partial charge in [0.15, 0.2) is 0 Å². The second kappa shape index (κ2) is 4.94. The molecule has 0 N–H and O–H groups in total. The molecule has 104 valence electrons. The van der Waals surface area contributed by atoms with Crippen LogP contribution >= 0.6 is 11.6 Å². The van der Waals surface area contributed by atoms with Crippen LogP contribution in [0, 0.1) is 17.0 Å². The molecule has 0 saturated carbocycles. The summed E-state index contributed by atoms with van der Waals surface area (Å²) < 4.78 is 1.76. The number of benzene rings is 1. The van der Waals surface area contributed by atoms with Crippen LogP contribution in [0.5, 0.6) is 0 Å². The summed E-state index contributed by atoms with van der Waals surface area (Å²) in [6, 6.07) is 5.36. The van der Waals surface area contributed by atoms with Crippen molar-refractivity contribution in [1.29, 1.82) is 0 Å². The van der Waals surface area contributed by atoms with E-state index in [9.17, 15) is 10.1 Å². The highest BCUT2D eigenvalue weighted by atomic mass is 35.5. The molecular weight excluding hydrogens is 276 g/mol. The number of hydrogen-bond acceptors (Lipinski definition) is 2. The lowest BCUT2D eigenvalue weighted by atomic mass is 9.99. The Morgan fingerprint density at radius 1 is 1.30 bits per heavy atom. The minimum atomic E-state index is 0.389. The van der Waals surface area contributed by atoms with Gasteiger partial charge in [0, 0.05) is 21.9 Å². The van der Waals surface area contributed by atoms with Gasteiger partial charge in [0.1, 0.15) is 5.69 Å². The van der Waals surface area contributed by atoms with E-state index in [0.29, 0.717) is 34.9 Å². The van der Waals surface area contributed by atoms with Gasteiger partial charge in [0.25, 0.3) is 11.9 Å². The van der Waals surface area contributed by atoms with Gasteiger partial charge in [-0.1, -0.05) is 17.7 Å². The van der Waals surface area contributed by atoms with E-state index in [1.165, 1.54) is 6.20 Å². The Labute approximate surface area is 121 Å². The molecule has 1 heterocycles. The average Bonchev–Trinajstić information content (AvgIpc) is 2.46. The quantitative estimate of drug-likeness (QED) is 0.757. The zero-order valence-electron chi connectivity index (χ0n) is 11.2. The van der Waals surface area contributed by atoms with Gasteiger partial charge in [-0.25, -0.2) is 0 Å². The van der Waals surface area contributed by atoms with Crippen molar-refractivity contribution in [3.8, 4) is 11.3 Å². The zero-order chi connectivity index (χ0) is 14.3. The number of hydrogen-bond donors (Lipinski definition) is 0. The van der Waals surface area contributed by atoms with Gasteiger partial charge in [0.05, 0.1) is 10.1 Å². The van der Waals surface area contributed by atoms with Crippen LogP contribution in [0.4, 0.5) is 0 Å². The summed E-state index contributed by atoms with van der Waals surface area (Å²) in [5.41, 5.74) is 3.22. The first kappa shape index (κ1) is 13.2. The van der Waals surface area contributed by atoms with Crippen molar-refractivity contribution in [3.63, 3.8) is 0 Å². The minimum Gasteiger partial charge on any atom is -0.805 e. The Bertz CT molecular complexity index is 737. The van der Waals surface area contributed by atoms with E-state index in [0.717, 1.165) is 33.1 Å². The lowest BCUT2D eigenvalue weighted by Crippen LogP contribution is -2.29. The number of fused-ring (bicyclic) bond motifs is 1. The molecule has 0 radical (unpaired) electrons. The second-order valence-electron chi connectivity index (χ2n) is 5.20. The molecule has 0 fully saturated rings. The van der Waals surface area contributed by atoms with Crippen LogP contribution in [-0.2, 0) is 12.8 Å². The van der Waals surface area contributed by atoms with Crippen LogP contribution in [0.2, 0.25) is 5.02 Å². The number of aryl methyl sites for hydroxylation is 1. The Morgan fingerprint density at radius 3 is 2.80 bits per heavy atom. The van der Waals surface area contributed by atoms with E-state index in [2.05, 4.69) is 0 Å². The SMILES string of the molecule is Cc1cc(-c2c[n+](=O)c3c(n2[O-])CCCC3)ccc1Cl. The summed E-state index contributed by atoms with van der Waals surface area (Å²) in [5.74, 6) is 0. The predicted octanol–water partition coefficient (Wildman–Crippen LogP) is 3.26. The van der Waals surface area contributed by atoms with Crippen LogP contribution in [0.1, 0.15) is 29.8 Å². The molecule has 1 aromatic carbocycles. The molecule has 20 heavy (non-hydrogen) atoms. The standard InChI is InChI=1S/C15H15ClN2O2/c1-10-8-11(6-7-12(10)16)15-9-17(19)13-4-2-3-5-14(13)18(15)20/h6-9H,2-5H2,1H3. The molecule has 1 aliphatic carbocycles. The van der Waals surface area contributed by atoms with Crippen molar-refractivity contribution in [2.24, 2.45) is 0 Å². The Hall–Kier alpha value is -1.81.